The summed E-state index contributed by atoms with van der Waals surface area (Å²) in [6, 6.07) is -1.35. The van der Waals surface area contributed by atoms with Gasteiger partial charge in [-0.3, -0.25) is 10.1 Å². The summed E-state index contributed by atoms with van der Waals surface area (Å²) in [7, 11) is 0. The second kappa shape index (κ2) is 2.71. The molecule has 0 aromatic heterocycles. The molecule has 1 aliphatic carbocycles. The van der Waals surface area contributed by atoms with Crippen molar-refractivity contribution in [3.8, 4) is 0 Å². The normalized spacial score (nSPS) is 34.9. The molecule has 0 spiro atoms. The number of hydrogen-bond acceptors (Lipinski definition) is 4. The fourth-order valence-electron chi connectivity index (χ4n) is 1.50. The molecule has 1 saturated carbocycles. The molecule has 1 rings (SSSR count). The third kappa shape index (κ3) is 1.14. The van der Waals surface area contributed by atoms with E-state index in [9.17, 15) is 20.0 Å². The minimum atomic E-state index is -2.15. The van der Waals surface area contributed by atoms with Crippen molar-refractivity contribution >= 4 is 5.97 Å². The number of carbonyl (C=O) groups is 1. The molecule has 0 aromatic carbocycles. The Morgan fingerprint density at radius 1 is 1.67 bits per heavy atom. The van der Waals surface area contributed by atoms with Gasteiger partial charge >= 0.3 is 5.97 Å². The van der Waals surface area contributed by atoms with Gasteiger partial charge in [0.25, 0.3) is 6.04 Å². The monoisotopic (exact) mass is 175 g/mol. The number of carboxylic acids is 1. The van der Waals surface area contributed by atoms with Gasteiger partial charge in [0.2, 0.25) is 5.60 Å². The zero-order valence-electron chi connectivity index (χ0n) is 6.27. The van der Waals surface area contributed by atoms with Crippen LogP contribution in [0.3, 0.4) is 0 Å². The first-order chi connectivity index (χ1) is 5.48. The van der Waals surface area contributed by atoms with E-state index >= 15 is 0 Å². The SMILES string of the molecule is O=C(O)C1(O)CCCC1[N+](=O)[O-]. The first-order valence-corrected chi connectivity index (χ1v) is 3.58. The molecule has 0 bridgehead atoms. The molecule has 68 valence electrons. The maximum atomic E-state index is 10.5. The highest BCUT2D eigenvalue weighted by Crippen LogP contribution is 2.32. The Hall–Kier alpha value is -1.17. The fourth-order valence-corrected chi connectivity index (χ4v) is 1.50. The van der Waals surface area contributed by atoms with Crippen molar-refractivity contribution in [1.82, 2.24) is 0 Å². The lowest BCUT2D eigenvalue weighted by molar-refractivity contribution is -0.537. The molecular formula is C6H9NO5. The van der Waals surface area contributed by atoms with Crippen LogP contribution in [0.5, 0.6) is 0 Å². The molecule has 2 atom stereocenters. The van der Waals surface area contributed by atoms with Crippen LogP contribution < -0.4 is 0 Å². The number of aliphatic hydroxyl groups is 1. The zero-order valence-corrected chi connectivity index (χ0v) is 6.27. The standard InChI is InChI=1S/C6H9NO5/c8-5(9)6(10)3-1-2-4(6)7(11)12/h4,10H,1-3H2,(H,8,9). The Labute approximate surface area is 68.0 Å². The molecule has 2 N–H and O–H groups in total. The van der Waals surface area contributed by atoms with E-state index in [0.717, 1.165) is 0 Å². The Morgan fingerprint density at radius 3 is 2.58 bits per heavy atom. The second-order valence-electron chi connectivity index (χ2n) is 2.92. The van der Waals surface area contributed by atoms with E-state index in [1.54, 1.807) is 0 Å². The van der Waals surface area contributed by atoms with Gasteiger partial charge in [0.1, 0.15) is 0 Å². The van der Waals surface area contributed by atoms with Gasteiger partial charge in [-0.1, -0.05) is 0 Å². The number of nitrogens with zero attached hydrogens (tertiary/aromatic N) is 1. The molecule has 0 aliphatic heterocycles. The Balaban J connectivity index is 2.89. The van der Waals surface area contributed by atoms with Gasteiger partial charge in [-0.25, -0.2) is 4.79 Å². The van der Waals surface area contributed by atoms with Crippen molar-refractivity contribution in [2.45, 2.75) is 30.9 Å². The van der Waals surface area contributed by atoms with E-state index in [2.05, 4.69) is 0 Å². The van der Waals surface area contributed by atoms with Crippen LogP contribution >= 0.6 is 0 Å². The summed E-state index contributed by atoms with van der Waals surface area (Å²) in [5.41, 5.74) is -2.15. The van der Waals surface area contributed by atoms with Gasteiger partial charge in [-0.15, -0.1) is 0 Å². The summed E-state index contributed by atoms with van der Waals surface area (Å²) in [4.78, 5) is 20.1. The predicted octanol–water partition coefficient (Wildman–Crippen LogP) is -0.369. The minimum Gasteiger partial charge on any atom is -0.479 e. The van der Waals surface area contributed by atoms with E-state index in [1.165, 1.54) is 0 Å². The van der Waals surface area contributed by atoms with Crippen LogP contribution in [0.4, 0.5) is 0 Å². The first kappa shape index (κ1) is 8.92. The van der Waals surface area contributed by atoms with Gasteiger partial charge in [0, 0.05) is 11.3 Å². The smallest absolute Gasteiger partial charge is 0.343 e. The zero-order chi connectivity index (χ0) is 9.35. The highest BCUT2D eigenvalue weighted by Gasteiger charge is 2.55. The fraction of sp³-hybridized carbons (Fsp3) is 0.833. The lowest BCUT2D eigenvalue weighted by Gasteiger charge is -2.18. The molecule has 0 saturated heterocycles. The maximum absolute atomic E-state index is 10.5. The molecule has 0 amide bonds. The van der Waals surface area contributed by atoms with Gasteiger partial charge in [0.15, 0.2) is 0 Å². The van der Waals surface area contributed by atoms with Gasteiger partial charge in [0.05, 0.1) is 0 Å². The quantitative estimate of drug-likeness (QED) is 0.440. The van der Waals surface area contributed by atoms with E-state index in [1.807, 2.05) is 0 Å². The number of aliphatic carboxylic acids is 1. The summed E-state index contributed by atoms with van der Waals surface area (Å²) in [6.45, 7) is 0. The molecule has 2 unspecified atom stereocenters. The molecule has 0 heterocycles. The van der Waals surface area contributed by atoms with Crippen LogP contribution in [0.25, 0.3) is 0 Å². The lowest BCUT2D eigenvalue weighted by Crippen LogP contribution is -2.49. The first-order valence-electron chi connectivity index (χ1n) is 3.58. The van der Waals surface area contributed by atoms with Crippen LogP contribution in [0.1, 0.15) is 19.3 Å². The second-order valence-corrected chi connectivity index (χ2v) is 2.92. The van der Waals surface area contributed by atoms with Crippen molar-refractivity contribution < 1.29 is 19.9 Å². The minimum absolute atomic E-state index is 0.0337. The van der Waals surface area contributed by atoms with Crippen LogP contribution in [-0.2, 0) is 4.79 Å². The number of rotatable bonds is 2. The summed E-state index contributed by atoms with van der Waals surface area (Å²) in [5.74, 6) is -1.50. The van der Waals surface area contributed by atoms with E-state index in [-0.39, 0.29) is 12.8 Å². The molecular weight excluding hydrogens is 166 g/mol. The Kier molecular flexibility index (Phi) is 2.01. The van der Waals surface area contributed by atoms with Crippen molar-refractivity contribution in [1.29, 1.82) is 0 Å². The topological polar surface area (TPSA) is 101 Å². The summed E-state index contributed by atoms with van der Waals surface area (Å²) < 4.78 is 0. The van der Waals surface area contributed by atoms with Gasteiger partial charge < -0.3 is 10.2 Å². The highest BCUT2D eigenvalue weighted by atomic mass is 16.6. The molecule has 0 radical (unpaired) electrons. The van der Waals surface area contributed by atoms with Crippen LogP contribution in [-0.4, -0.2) is 32.7 Å². The largest absolute Gasteiger partial charge is 0.479 e. The molecule has 6 heteroatoms. The van der Waals surface area contributed by atoms with Crippen LogP contribution in [0.15, 0.2) is 0 Å². The molecule has 12 heavy (non-hydrogen) atoms. The van der Waals surface area contributed by atoms with Crippen molar-refractivity contribution in [3.63, 3.8) is 0 Å². The average Bonchev–Trinajstić information content (AvgIpc) is 2.32. The Bertz CT molecular complexity index is 228. The molecule has 1 fully saturated rings. The maximum Gasteiger partial charge on any atom is 0.343 e. The highest BCUT2D eigenvalue weighted by molar-refractivity contribution is 5.78. The third-order valence-electron chi connectivity index (χ3n) is 2.21. The summed E-state index contributed by atoms with van der Waals surface area (Å²) in [5, 5.41) is 28.2. The molecule has 0 aromatic rings. The van der Waals surface area contributed by atoms with E-state index < -0.39 is 22.5 Å². The van der Waals surface area contributed by atoms with Gasteiger partial charge in [-0.2, -0.15) is 0 Å². The van der Waals surface area contributed by atoms with E-state index in [0.29, 0.717) is 6.42 Å². The number of hydrogen-bond donors (Lipinski definition) is 2. The van der Waals surface area contributed by atoms with Crippen molar-refractivity contribution in [2.75, 3.05) is 0 Å². The average molecular weight is 175 g/mol. The van der Waals surface area contributed by atoms with Crippen LogP contribution in [0, 0.1) is 10.1 Å². The third-order valence-corrected chi connectivity index (χ3v) is 2.21. The summed E-state index contributed by atoms with van der Waals surface area (Å²) in [6.07, 6.45) is 0.484. The van der Waals surface area contributed by atoms with Crippen molar-refractivity contribution in [3.05, 3.63) is 10.1 Å². The lowest BCUT2D eigenvalue weighted by atomic mass is 9.99. The van der Waals surface area contributed by atoms with Crippen LogP contribution in [0.2, 0.25) is 0 Å². The van der Waals surface area contributed by atoms with E-state index in [4.69, 9.17) is 5.11 Å². The van der Waals surface area contributed by atoms with Crippen molar-refractivity contribution in [2.24, 2.45) is 0 Å². The number of carboxylic acid groups (broad SMARTS) is 1. The Morgan fingerprint density at radius 2 is 2.25 bits per heavy atom. The number of nitro groups is 1. The predicted molar refractivity (Wildman–Crippen MR) is 37.2 cm³/mol. The molecule has 6 nitrogen and oxygen atoms in total. The summed E-state index contributed by atoms with van der Waals surface area (Å²) >= 11 is 0. The van der Waals surface area contributed by atoms with Gasteiger partial charge in [-0.05, 0) is 12.8 Å². The molecule has 1 aliphatic rings.